The molecule has 0 aromatic carbocycles. The summed E-state index contributed by atoms with van der Waals surface area (Å²) in [7, 11) is 0. The fraction of sp³-hybridized carbons (Fsp3) is 1.00. The summed E-state index contributed by atoms with van der Waals surface area (Å²) in [4.78, 5) is 0. The summed E-state index contributed by atoms with van der Waals surface area (Å²) in [6.45, 7) is -0.562. The van der Waals surface area contributed by atoms with Gasteiger partial charge >= 0.3 is 0 Å². The van der Waals surface area contributed by atoms with Gasteiger partial charge in [0.05, 0.1) is 5.60 Å². The lowest BCUT2D eigenvalue weighted by atomic mass is 10.4. The molecule has 1 nitrogen and oxygen atoms in total. The van der Waals surface area contributed by atoms with Crippen LogP contribution in [0.5, 0.6) is 0 Å². The minimum atomic E-state index is -0.875. The Balaban J connectivity index is 2.28. The Bertz CT molecular complexity index is 58.6. The van der Waals surface area contributed by atoms with Gasteiger partial charge < -0.3 is 5.11 Å². The predicted octanol–water partition coefficient (Wildman–Crippen LogP) is 0.481. The van der Waals surface area contributed by atoms with E-state index in [1.54, 1.807) is 0 Å². The molecule has 0 amide bonds. The lowest BCUT2D eigenvalue weighted by molar-refractivity contribution is 0.116. The Morgan fingerprint density at radius 2 is 2.17 bits per heavy atom. The van der Waals surface area contributed by atoms with Gasteiger partial charge in [0.15, 0.2) is 0 Å². The average Bonchev–Trinajstić information content (AvgIpc) is 2.22. The highest BCUT2D eigenvalue weighted by atomic mass is 19.1. The first-order valence-corrected chi connectivity index (χ1v) is 2.05. The molecule has 0 aliphatic heterocycles. The summed E-state index contributed by atoms with van der Waals surface area (Å²) in [6.07, 6.45) is 1.31. The van der Waals surface area contributed by atoms with Crippen LogP contribution in [0.15, 0.2) is 0 Å². The zero-order valence-electron chi connectivity index (χ0n) is 3.45. The smallest absolute Gasteiger partial charge is 0.118 e. The summed E-state index contributed by atoms with van der Waals surface area (Å²) in [5.74, 6) is 0. The second kappa shape index (κ2) is 0.936. The first-order chi connectivity index (χ1) is 2.77. The summed E-state index contributed by atoms with van der Waals surface area (Å²) < 4.78 is 11.3. The summed E-state index contributed by atoms with van der Waals surface area (Å²) in [6, 6.07) is 0. The van der Waals surface area contributed by atoms with Gasteiger partial charge in [-0.25, -0.2) is 4.39 Å². The molecule has 0 heterocycles. The van der Waals surface area contributed by atoms with Crippen LogP contribution in [0.3, 0.4) is 0 Å². The van der Waals surface area contributed by atoms with E-state index < -0.39 is 12.3 Å². The average molecular weight is 90.1 g/mol. The van der Waals surface area contributed by atoms with Crippen LogP contribution in [0.1, 0.15) is 12.8 Å². The molecule has 0 spiro atoms. The summed E-state index contributed by atoms with van der Waals surface area (Å²) in [5.41, 5.74) is -0.875. The molecule has 0 radical (unpaired) electrons. The molecule has 0 saturated heterocycles. The van der Waals surface area contributed by atoms with E-state index in [0.29, 0.717) is 12.8 Å². The maximum Gasteiger partial charge on any atom is 0.118 e. The maximum absolute atomic E-state index is 11.3. The Kier molecular flexibility index (Phi) is 0.634. The molecule has 36 valence electrons. The van der Waals surface area contributed by atoms with Gasteiger partial charge in [-0.05, 0) is 12.8 Å². The molecular weight excluding hydrogens is 83.0 g/mol. The van der Waals surface area contributed by atoms with Crippen molar-refractivity contribution in [3.63, 3.8) is 0 Å². The zero-order chi connectivity index (χ0) is 4.62. The maximum atomic E-state index is 11.3. The lowest BCUT2D eigenvalue weighted by Gasteiger charge is -1.93. The molecular formula is C4H7FO. The Labute approximate surface area is 35.8 Å². The minimum absolute atomic E-state index is 0.562. The van der Waals surface area contributed by atoms with Crippen molar-refractivity contribution in [2.45, 2.75) is 18.4 Å². The van der Waals surface area contributed by atoms with Crippen LogP contribution in [0.25, 0.3) is 0 Å². The number of hydrogen-bond acceptors (Lipinski definition) is 1. The number of halogens is 1. The lowest BCUT2D eigenvalue weighted by Crippen LogP contribution is -2.07. The van der Waals surface area contributed by atoms with Gasteiger partial charge in [-0.2, -0.15) is 0 Å². The minimum Gasteiger partial charge on any atom is -0.387 e. The number of rotatable bonds is 1. The van der Waals surface area contributed by atoms with Crippen molar-refractivity contribution in [1.82, 2.24) is 0 Å². The number of hydrogen-bond donors (Lipinski definition) is 1. The van der Waals surface area contributed by atoms with Crippen LogP contribution in [-0.2, 0) is 0 Å². The topological polar surface area (TPSA) is 20.2 Å². The van der Waals surface area contributed by atoms with Crippen LogP contribution < -0.4 is 0 Å². The molecule has 1 N–H and O–H groups in total. The SMILES string of the molecule is OC1(CF)CC1. The Hall–Kier alpha value is -0.110. The largest absolute Gasteiger partial charge is 0.387 e. The summed E-state index contributed by atoms with van der Waals surface area (Å²) >= 11 is 0. The predicted molar refractivity (Wildman–Crippen MR) is 20.2 cm³/mol. The highest BCUT2D eigenvalue weighted by molar-refractivity contribution is 4.92. The standard InChI is InChI=1S/C4H7FO/c5-3-4(6)1-2-4/h6H,1-3H2. The van der Waals surface area contributed by atoms with Gasteiger partial charge in [0, 0.05) is 0 Å². The van der Waals surface area contributed by atoms with E-state index >= 15 is 0 Å². The van der Waals surface area contributed by atoms with E-state index in [2.05, 4.69) is 0 Å². The molecule has 0 atom stereocenters. The molecule has 1 saturated carbocycles. The number of aliphatic hydroxyl groups is 1. The van der Waals surface area contributed by atoms with Crippen molar-refractivity contribution < 1.29 is 9.50 Å². The number of alkyl halides is 1. The normalized spacial score (nSPS) is 27.0. The quantitative estimate of drug-likeness (QED) is 0.496. The second-order valence-electron chi connectivity index (χ2n) is 1.86. The molecule has 0 unspecified atom stereocenters. The third-order valence-corrected chi connectivity index (χ3v) is 1.08. The van der Waals surface area contributed by atoms with E-state index in [-0.39, 0.29) is 0 Å². The van der Waals surface area contributed by atoms with E-state index in [1.807, 2.05) is 0 Å². The van der Waals surface area contributed by atoms with Crippen LogP contribution in [0, 0.1) is 0 Å². The van der Waals surface area contributed by atoms with Crippen molar-refractivity contribution in [3.8, 4) is 0 Å². The van der Waals surface area contributed by atoms with E-state index in [4.69, 9.17) is 5.11 Å². The van der Waals surface area contributed by atoms with Gasteiger partial charge in [-0.3, -0.25) is 0 Å². The molecule has 1 fully saturated rings. The third kappa shape index (κ3) is 0.522. The van der Waals surface area contributed by atoms with Gasteiger partial charge in [-0.1, -0.05) is 0 Å². The van der Waals surface area contributed by atoms with Gasteiger partial charge in [0.1, 0.15) is 6.67 Å². The van der Waals surface area contributed by atoms with Crippen molar-refractivity contribution in [3.05, 3.63) is 0 Å². The molecule has 0 bridgehead atoms. The molecule has 2 heteroatoms. The summed E-state index contributed by atoms with van der Waals surface area (Å²) in [5, 5.41) is 8.56. The third-order valence-electron chi connectivity index (χ3n) is 1.08. The molecule has 0 aromatic heterocycles. The molecule has 6 heavy (non-hydrogen) atoms. The fourth-order valence-electron chi connectivity index (χ4n) is 0.278. The van der Waals surface area contributed by atoms with E-state index in [0.717, 1.165) is 0 Å². The van der Waals surface area contributed by atoms with E-state index in [1.165, 1.54) is 0 Å². The first-order valence-electron chi connectivity index (χ1n) is 2.05. The highest BCUT2D eigenvalue weighted by Gasteiger charge is 2.40. The zero-order valence-corrected chi connectivity index (χ0v) is 3.45. The van der Waals surface area contributed by atoms with Crippen LogP contribution in [0.2, 0.25) is 0 Å². The molecule has 1 rings (SSSR count). The molecule has 1 aliphatic rings. The van der Waals surface area contributed by atoms with Crippen molar-refractivity contribution in [2.24, 2.45) is 0 Å². The highest BCUT2D eigenvalue weighted by Crippen LogP contribution is 2.34. The molecule has 1 aliphatic carbocycles. The van der Waals surface area contributed by atoms with Crippen LogP contribution >= 0.6 is 0 Å². The van der Waals surface area contributed by atoms with Crippen LogP contribution in [-0.4, -0.2) is 17.4 Å². The Morgan fingerprint density at radius 1 is 1.67 bits per heavy atom. The Morgan fingerprint density at radius 3 is 2.17 bits per heavy atom. The van der Waals surface area contributed by atoms with E-state index in [9.17, 15) is 4.39 Å². The van der Waals surface area contributed by atoms with Crippen molar-refractivity contribution in [1.29, 1.82) is 0 Å². The van der Waals surface area contributed by atoms with Crippen molar-refractivity contribution in [2.75, 3.05) is 6.67 Å². The fourth-order valence-corrected chi connectivity index (χ4v) is 0.278. The van der Waals surface area contributed by atoms with Gasteiger partial charge in [-0.15, -0.1) is 0 Å². The van der Waals surface area contributed by atoms with Gasteiger partial charge in [0.2, 0.25) is 0 Å². The first kappa shape index (κ1) is 4.06. The molecule has 0 aromatic rings. The van der Waals surface area contributed by atoms with Crippen molar-refractivity contribution >= 4 is 0 Å². The van der Waals surface area contributed by atoms with Crippen LogP contribution in [0.4, 0.5) is 4.39 Å². The van der Waals surface area contributed by atoms with Gasteiger partial charge in [0.25, 0.3) is 0 Å². The monoisotopic (exact) mass is 90.0 g/mol. The second-order valence-corrected chi connectivity index (χ2v) is 1.86.